The second-order valence-corrected chi connectivity index (χ2v) is 5.65. The van der Waals surface area contributed by atoms with Gasteiger partial charge in [-0.2, -0.15) is 4.98 Å². The molecule has 1 aromatic heterocycles. The molecule has 2 fully saturated rings. The number of nitrogens with zero attached hydrogens (tertiary/aromatic N) is 3. The molecule has 0 saturated carbocycles. The Morgan fingerprint density at radius 1 is 1.27 bits per heavy atom. The van der Waals surface area contributed by atoms with E-state index >= 15 is 0 Å². The Morgan fingerprint density at radius 2 is 2.05 bits per heavy atom. The van der Waals surface area contributed by atoms with Crippen LogP contribution in [-0.4, -0.2) is 55.2 Å². The first-order chi connectivity index (χ1) is 10.7. The zero-order chi connectivity index (χ0) is 15.1. The van der Waals surface area contributed by atoms with Crippen molar-refractivity contribution in [2.75, 3.05) is 44.3 Å². The Balaban J connectivity index is 1.42. The number of carbonyl (C=O) groups excluding carboxylic acids is 1. The minimum absolute atomic E-state index is 0.0233. The maximum Gasteiger partial charge on any atom is 0.298 e. The summed E-state index contributed by atoms with van der Waals surface area (Å²) in [5.74, 6) is -0.203. The van der Waals surface area contributed by atoms with Crippen LogP contribution in [0.4, 0.5) is 10.4 Å². The van der Waals surface area contributed by atoms with E-state index in [1.807, 2.05) is 9.80 Å². The molecule has 1 amide bonds. The lowest BCUT2D eigenvalue weighted by atomic mass is 9.99. The number of hydrogen-bond acceptors (Lipinski definition) is 5. The smallest absolute Gasteiger partial charge is 0.298 e. The molecular weight excluding hydrogens is 289 g/mol. The van der Waals surface area contributed by atoms with Gasteiger partial charge in [0, 0.05) is 32.2 Å². The summed E-state index contributed by atoms with van der Waals surface area (Å²) < 4.78 is 24.0. The summed E-state index contributed by atoms with van der Waals surface area (Å²) in [4.78, 5) is 20.4. The van der Waals surface area contributed by atoms with E-state index in [0.29, 0.717) is 56.5 Å². The maximum absolute atomic E-state index is 13.2. The van der Waals surface area contributed by atoms with Crippen molar-refractivity contribution >= 4 is 23.0 Å². The van der Waals surface area contributed by atoms with Gasteiger partial charge in [-0.15, -0.1) is 0 Å². The number of hydrogen-bond donors (Lipinski definition) is 0. The summed E-state index contributed by atoms with van der Waals surface area (Å²) in [6, 6.07) is 4.72. The summed E-state index contributed by atoms with van der Waals surface area (Å²) >= 11 is 0. The molecule has 2 aliphatic heterocycles. The van der Waals surface area contributed by atoms with Crippen LogP contribution in [0.3, 0.4) is 0 Å². The third kappa shape index (κ3) is 2.31. The molecule has 6 nitrogen and oxygen atoms in total. The minimum atomic E-state index is -0.348. The van der Waals surface area contributed by atoms with Gasteiger partial charge >= 0.3 is 0 Å². The van der Waals surface area contributed by atoms with E-state index in [1.165, 1.54) is 12.1 Å². The van der Waals surface area contributed by atoms with Gasteiger partial charge in [-0.1, -0.05) is 0 Å². The molecule has 2 aliphatic rings. The van der Waals surface area contributed by atoms with Crippen molar-refractivity contribution < 1.29 is 18.3 Å². The van der Waals surface area contributed by atoms with Gasteiger partial charge in [0.1, 0.15) is 11.3 Å². The summed E-state index contributed by atoms with van der Waals surface area (Å²) in [6.45, 7) is 3.73. The van der Waals surface area contributed by atoms with E-state index in [4.69, 9.17) is 9.15 Å². The second kappa shape index (κ2) is 5.24. The number of anilines is 1. The lowest BCUT2D eigenvalue weighted by Crippen LogP contribution is -2.56. The van der Waals surface area contributed by atoms with Crippen LogP contribution < -0.4 is 4.90 Å². The van der Waals surface area contributed by atoms with Gasteiger partial charge in [0.2, 0.25) is 5.91 Å². The zero-order valence-corrected chi connectivity index (χ0v) is 12.0. The van der Waals surface area contributed by atoms with Crippen molar-refractivity contribution in [3.63, 3.8) is 0 Å². The van der Waals surface area contributed by atoms with Gasteiger partial charge in [-0.05, 0) is 12.1 Å². The fourth-order valence-electron chi connectivity index (χ4n) is 2.85. The van der Waals surface area contributed by atoms with E-state index in [0.717, 1.165) is 0 Å². The zero-order valence-electron chi connectivity index (χ0n) is 12.0. The average molecular weight is 305 g/mol. The molecule has 7 heteroatoms. The summed E-state index contributed by atoms with van der Waals surface area (Å²) in [7, 11) is 0. The van der Waals surface area contributed by atoms with Gasteiger partial charge in [-0.25, -0.2) is 4.39 Å². The SMILES string of the molecule is O=C(C1CN(c2nc3ccc(F)cc3o2)C1)N1CCOCC1. The maximum atomic E-state index is 13.2. The summed E-state index contributed by atoms with van der Waals surface area (Å²) in [6.07, 6.45) is 0. The molecule has 3 heterocycles. The molecule has 0 radical (unpaired) electrons. The highest BCUT2D eigenvalue weighted by Crippen LogP contribution is 2.29. The Hall–Kier alpha value is -2.15. The molecule has 0 bridgehead atoms. The van der Waals surface area contributed by atoms with E-state index in [2.05, 4.69) is 4.98 Å². The van der Waals surface area contributed by atoms with Crippen molar-refractivity contribution in [3.8, 4) is 0 Å². The van der Waals surface area contributed by atoms with Gasteiger partial charge in [0.25, 0.3) is 6.01 Å². The van der Waals surface area contributed by atoms with Gasteiger partial charge in [0.15, 0.2) is 5.58 Å². The summed E-state index contributed by atoms with van der Waals surface area (Å²) in [5.41, 5.74) is 1.05. The lowest BCUT2D eigenvalue weighted by Gasteiger charge is -2.40. The first kappa shape index (κ1) is 13.5. The van der Waals surface area contributed by atoms with Crippen molar-refractivity contribution in [1.82, 2.24) is 9.88 Å². The molecule has 0 N–H and O–H groups in total. The Kier molecular flexibility index (Phi) is 3.22. The number of halogens is 1. The van der Waals surface area contributed by atoms with Crippen LogP contribution in [0.1, 0.15) is 0 Å². The van der Waals surface area contributed by atoms with E-state index in [-0.39, 0.29) is 17.6 Å². The van der Waals surface area contributed by atoms with Crippen molar-refractivity contribution in [1.29, 1.82) is 0 Å². The quantitative estimate of drug-likeness (QED) is 0.836. The van der Waals surface area contributed by atoms with Gasteiger partial charge in [-0.3, -0.25) is 4.79 Å². The molecule has 4 rings (SSSR count). The van der Waals surface area contributed by atoms with E-state index in [1.54, 1.807) is 6.07 Å². The van der Waals surface area contributed by atoms with Gasteiger partial charge < -0.3 is 19.0 Å². The minimum Gasteiger partial charge on any atom is -0.423 e. The van der Waals surface area contributed by atoms with Crippen LogP contribution in [0, 0.1) is 11.7 Å². The number of amides is 1. The Morgan fingerprint density at radius 3 is 2.82 bits per heavy atom. The fraction of sp³-hybridized carbons (Fsp3) is 0.467. The largest absolute Gasteiger partial charge is 0.423 e. The Bertz CT molecular complexity index is 705. The van der Waals surface area contributed by atoms with Crippen LogP contribution in [0.25, 0.3) is 11.1 Å². The first-order valence-corrected chi connectivity index (χ1v) is 7.38. The topological polar surface area (TPSA) is 58.8 Å². The van der Waals surface area contributed by atoms with E-state index < -0.39 is 0 Å². The number of fused-ring (bicyclic) bond motifs is 1. The van der Waals surface area contributed by atoms with Crippen LogP contribution in [-0.2, 0) is 9.53 Å². The standard InChI is InChI=1S/C15H16FN3O3/c16-11-1-2-12-13(7-11)22-15(17-12)19-8-10(9-19)14(20)18-3-5-21-6-4-18/h1-2,7,10H,3-6,8-9H2. The lowest BCUT2D eigenvalue weighted by molar-refractivity contribution is -0.140. The second-order valence-electron chi connectivity index (χ2n) is 5.65. The molecule has 0 spiro atoms. The van der Waals surface area contributed by atoms with Crippen molar-refractivity contribution in [3.05, 3.63) is 24.0 Å². The number of oxazole rings is 1. The average Bonchev–Trinajstić information content (AvgIpc) is 2.89. The normalized spacial score (nSPS) is 19.5. The van der Waals surface area contributed by atoms with Crippen molar-refractivity contribution in [2.24, 2.45) is 5.92 Å². The molecule has 22 heavy (non-hydrogen) atoms. The highest BCUT2D eigenvalue weighted by Gasteiger charge is 2.37. The highest BCUT2D eigenvalue weighted by atomic mass is 19.1. The van der Waals surface area contributed by atoms with Crippen LogP contribution in [0.15, 0.2) is 22.6 Å². The molecule has 0 atom stereocenters. The fourth-order valence-corrected chi connectivity index (χ4v) is 2.85. The Labute approximate surface area is 126 Å². The van der Waals surface area contributed by atoms with Crippen LogP contribution in [0.2, 0.25) is 0 Å². The van der Waals surface area contributed by atoms with E-state index in [9.17, 15) is 9.18 Å². The summed E-state index contributed by atoms with van der Waals surface area (Å²) in [5, 5.41) is 0. The van der Waals surface area contributed by atoms with Crippen LogP contribution in [0.5, 0.6) is 0 Å². The van der Waals surface area contributed by atoms with Gasteiger partial charge in [0.05, 0.1) is 19.1 Å². The third-order valence-corrected chi connectivity index (χ3v) is 4.16. The predicted octanol–water partition coefficient (Wildman–Crippen LogP) is 1.26. The number of rotatable bonds is 2. The van der Waals surface area contributed by atoms with Crippen LogP contribution >= 0.6 is 0 Å². The molecule has 2 aromatic rings. The molecule has 116 valence electrons. The predicted molar refractivity (Wildman–Crippen MR) is 77.1 cm³/mol. The molecule has 0 unspecified atom stereocenters. The number of morpholine rings is 1. The molecule has 2 saturated heterocycles. The molecule has 1 aromatic carbocycles. The molecule has 0 aliphatic carbocycles. The monoisotopic (exact) mass is 305 g/mol. The number of aromatic nitrogens is 1. The number of benzene rings is 1. The van der Waals surface area contributed by atoms with Crippen molar-refractivity contribution in [2.45, 2.75) is 0 Å². The number of ether oxygens (including phenoxy) is 1. The third-order valence-electron chi connectivity index (χ3n) is 4.16. The number of carbonyl (C=O) groups is 1. The first-order valence-electron chi connectivity index (χ1n) is 7.38. The molecular formula is C15H16FN3O3. The highest BCUT2D eigenvalue weighted by molar-refractivity contribution is 5.82.